The van der Waals surface area contributed by atoms with Gasteiger partial charge < -0.3 is 9.80 Å². The molecule has 0 bridgehead atoms. The van der Waals surface area contributed by atoms with Crippen LogP contribution >= 0.6 is 0 Å². The van der Waals surface area contributed by atoms with Crippen molar-refractivity contribution >= 4 is 11.8 Å². The van der Waals surface area contributed by atoms with Crippen molar-refractivity contribution < 1.29 is 9.59 Å². The van der Waals surface area contributed by atoms with Gasteiger partial charge in [0, 0.05) is 32.3 Å². The Hall–Kier alpha value is -2.42. The van der Waals surface area contributed by atoms with Crippen LogP contribution in [-0.2, 0) is 4.79 Å². The maximum atomic E-state index is 12.8. The van der Waals surface area contributed by atoms with Crippen LogP contribution in [0.25, 0.3) is 0 Å². The maximum Gasteiger partial charge on any atom is 0.255 e. The van der Waals surface area contributed by atoms with E-state index in [2.05, 4.69) is 18.8 Å². The van der Waals surface area contributed by atoms with Crippen LogP contribution in [0.5, 0.6) is 0 Å². The normalized spacial score (nSPS) is 21.2. The highest BCUT2D eigenvalue weighted by Gasteiger charge is 2.36. The van der Waals surface area contributed by atoms with Crippen LogP contribution in [0.3, 0.4) is 0 Å². The Morgan fingerprint density at radius 3 is 2.72 bits per heavy atom. The van der Waals surface area contributed by atoms with Crippen molar-refractivity contribution in [2.24, 2.45) is 11.8 Å². The summed E-state index contributed by atoms with van der Waals surface area (Å²) in [6.45, 7) is 6.02. The summed E-state index contributed by atoms with van der Waals surface area (Å²) < 4.78 is 0. The van der Waals surface area contributed by atoms with Crippen LogP contribution in [-0.4, -0.2) is 52.3 Å². The number of hydrogen-bond acceptors (Lipinski definition) is 4. The standard InChI is InChI=1S/C19H24N4O2/c1-13(2)17-12-22(8-7-18(24)23(17)11-14-3-4-14)19(25)15-5-6-16(9-20)21-10-15/h5-6,10,13-14,17H,3-4,7-8,11-12H2,1-2H3/t17-/m1/s1. The van der Waals surface area contributed by atoms with E-state index in [4.69, 9.17) is 5.26 Å². The van der Waals surface area contributed by atoms with Gasteiger partial charge in [-0.1, -0.05) is 13.8 Å². The van der Waals surface area contributed by atoms with Gasteiger partial charge in [0.25, 0.3) is 5.91 Å². The summed E-state index contributed by atoms with van der Waals surface area (Å²) in [5.74, 6) is 0.952. The Morgan fingerprint density at radius 2 is 2.16 bits per heavy atom. The predicted molar refractivity (Wildman–Crippen MR) is 92.5 cm³/mol. The molecule has 0 N–H and O–H groups in total. The Kier molecular flexibility index (Phi) is 5.03. The fourth-order valence-corrected chi connectivity index (χ4v) is 3.31. The molecule has 1 aromatic rings. The van der Waals surface area contributed by atoms with Gasteiger partial charge in [-0.15, -0.1) is 0 Å². The second-order valence-corrected chi connectivity index (χ2v) is 7.35. The van der Waals surface area contributed by atoms with E-state index in [9.17, 15) is 9.59 Å². The van der Waals surface area contributed by atoms with E-state index >= 15 is 0 Å². The first-order valence-corrected chi connectivity index (χ1v) is 8.94. The van der Waals surface area contributed by atoms with Crippen molar-refractivity contribution in [3.63, 3.8) is 0 Å². The molecule has 1 atom stereocenters. The van der Waals surface area contributed by atoms with Crippen molar-refractivity contribution in [3.05, 3.63) is 29.6 Å². The molecule has 0 radical (unpaired) electrons. The second kappa shape index (κ2) is 7.22. The van der Waals surface area contributed by atoms with Crippen molar-refractivity contribution in [3.8, 4) is 6.07 Å². The van der Waals surface area contributed by atoms with E-state index in [1.54, 1.807) is 17.0 Å². The van der Waals surface area contributed by atoms with Gasteiger partial charge in [0.15, 0.2) is 0 Å². The van der Waals surface area contributed by atoms with E-state index in [0.717, 1.165) is 6.54 Å². The van der Waals surface area contributed by atoms with Gasteiger partial charge in [-0.05, 0) is 36.8 Å². The number of aromatic nitrogens is 1. The maximum absolute atomic E-state index is 12.8. The first kappa shape index (κ1) is 17.4. The third kappa shape index (κ3) is 3.98. The van der Waals surface area contributed by atoms with E-state index in [1.165, 1.54) is 19.0 Å². The minimum Gasteiger partial charge on any atom is -0.337 e. The SMILES string of the molecule is CC(C)[C@H]1CN(C(=O)c2ccc(C#N)nc2)CCC(=O)N1CC1CC1. The van der Waals surface area contributed by atoms with Gasteiger partial charge in [0.05, 0.1) is 11.6 Å². The molecule has 25 heavy (non-hydrogen) atoms. The zero-order valence-corrected chi connectivity index (χ0v) is 14.8. The quantitative estimate of drug-likeness (QED) is 0.840. The minimum absolute atomic E-state index is 0.0471. The molecule has 0 aromatic carbocycles. The molecule has 132 valence electrons. The lowest BCUT2D eigenvalue weighted by molar-refractivity contribution is -0.133. The van der Waals surface area contributed by atoms with Gasteiger partial charge in [-0.3, -0.25) is 9.59 Å². The number of nitrogens with zero attached hydrogens (tertiary/aromatic N) is 4. The highest BCUT2D eigenvalue weighted by atomic mass is 16.2. The molecule has 1 aromatic heterocycles. The molecule has 1 aliphatic carbocycles. The number of carbonyl (C=O) groups excluding carboxylic acids is 2. The summed E-state index contributed by atoms with van der Waals surface area (Å²) >= 11 is 0. The molecule has 1 aliphatic heterocycles. The molecule has 2 heterocycles. The molecule has 1 saturated heterocycles. The molecular formula is C19H24N4O2. The molecule has 0 spiro atoms. The second-order valence-electron chi connectivity index (χ2n) is 7.35. The van der Waals surface area contributed by atoms with E-state index in [0.29, 0.717) is 36.7 Å². The molecule has 2 fully saturated rings. The van der Waals surface area contributed by atoms with Gasteiger partial charge in [-0.2, -0.15) is 5.26 Å². The Labute approximate surface area is 148 Å². The zero-order valence-electron chi connectivity index (χ0n) is 14.8. The van der Waals surface area contributed by atoms with Crippen molar-refractivity contribution in [2.75, 3.05) is 19.6 Å². The molecule has 0 unspecified atom stereocenters. The summed E-state index contributed by atoms with van der Waals surface area (Å²) in [5, 5.41) is 8.83. The monoisotopic (exact) mass is 340 g/mol. The lowest BCUT2D eigenvalue weighted by atomic mass is 10.0. The van der Waals surface area contributed by atoms with Gasteiger partial charge in [0.1, 0.15) is 11.8 Å². The smallest absolute Gasteiger partial charge is 0.255 e. The zero-order chi connectivity index (χ0) is 18.0. The highest BCUT2D eigenvalue weighted by Crippen LogP contribution is 2.32. The molecule has 6 nitrogen and oxygen atoms in total. The van der Waals surface area contributed by atoms with Gasteiger partial charge in [0.2, 0.25) is 5.91 Å². The lowest BCUT2D eigenvalue weighted by Gasteiger charge is -2.34. The van der Waals surface area contributed by atoms with Crippen LogP contribution in [0.1, 0.15) is 49.2 Å². The third-order valence-corrected chi connectivity index (χ3v) is 5.06. The van der Waals surface area contributed by atoms with Crippen LogP contribution < -0.4 is 0 Å². The summed E-state index contributed by atoms with van der Waals surface area (Å²) in [6.07, 6.45) is 4.22. The summed E-state index contributed by atoms with van der Waals surface area (Å²) in [4.78, 5) is 33.2. The molecule has 3 rings (SSSR count). The highest BCUT2D eigenvalue weighted by molar-refractivity contribution is 5.94. The molecule has 2 aliphatic rings. The van der Waals surface area contributed by atoms with E-state index in [-0.39, 0.29) is 23.8 Å². The van der Waals surface area contributed by atoms with Crippen LogP contribution in [0, 0.1) is 23.2 Å². The Bertz CT molecular complexity index is 688. The summed E-state index contributed by atoms with van der Waals surface area (Å²) in [7, 11) is 0. The van der Waals surface area contributed by atoms with Crippen molar-refractivity contribution in [2.45, 2.75) is 39.2 Å². The van der Waals surface area contributed by atoms with E-state index < -0.39 is 0 Å². The lowest BCUT2D eigenvalue weighted by Crippen LogP contribution is -2.48. The van der Waals surface area contributed by atoms with Crippen molar-refractivity contribution in [1.82, 2.24) is 14.8 Å². The topological polar surface area (TPSA) is 77.3 Å². The number of carbonyl (C=O) groups is 2. The minimum atomic E-state index is -0.122. The number of pyridine rings is 1. The average molecular weight is 340 g/mol. The molecular weight excluding hydrogens is 316 g/mol. The van der Waals surface area contributed by atoms with Crippen LogP contribution in [0.2, 0.25) is 0 Å². The number of nitriles is 1. The summed E-state index contributed by atoms with van der Waals surface area (Å²) in [5.41, 5.74) is 0.753. The average Bonchev–Trinajstić information content (AvgIpc) is 3.44. The van der Waals surface area contributed by atoms with Crippen LogP contribution in [0.15, 0.2) is 18.3 Å². The number of rotatable bonds is 4. The molecule has 1 saturated carbocycles. The largest absolute Gasteiger partial charge is 0.337 e. The van der Waals surface area contributed by atoms with E-state index in [1.807, 2.05) is 11.0 Å². The molecule has 6 heteroatoms. The molecule has 2 amide bonds. The predicted octanol–water partition coefficient (Wildman–Crippen LogP) is 2.06. The Balaban J connectivity index is 1.78. The first-order chi connectivity index (χ1) is 12.0. The Morgan fingerprint density at radius 1 is 1.40 bits per heavy atom. The van der Waals surface area contributed by atoms with Gasteiger partial charge >= 0.3 is 0 Å². The van der Waals surface area contributed by atoms with Crippen molar-refractivity contribution in [1.29, 1.82) is 5.26 Å². The fourth-order valence-electron chi connectivity index (χ4n) is 3.31. The van der Waals surface area contributed by atoms with Crippen LogP contribution in [0.4, 0.5) is 0 Å². The number of amides is 2. The fraction of sp³-hybridized carbons (Fsp3) is 0.579. The third-order valence-electron chi connectivity index (χ3n) is 5.06. The van der Waals surface area contributed by atoms with Gasteiger partial charge in [-0.25, -0.2) is 4.98 Å². The number of hydrogen-bond donors (Lipinski definition) is 0. The summed E-state index contributed by atoms with van der Waals surface area (Å²) in [6, 6.07) is 5.18. The first-order valence-electron chi connectivity index (χ1n) is 8.94.